The lowest BCUT2D eigenvalue weighted by atomic mass is 9.93. The second kappa shape index (κ2) is 13.8. The molecule has 7 aromatic carbocycles. The van der Waals surface area contributed by atoms with Crippen molar-refractivity contribution in [2.24, 2.45) is 0 Å². The molecule has 3 heterocycles. The summed E-state index contributed by atoms with van der Waals surface area (Å²) in [5.41, 5.74) is 11.0. The van der Waals surface area contributed by atoms with E-state index in [4.69, 9.17) is 19.9 Å². The fourth-order valence-corrected chi connectivity index (χ4v) is 7.26. The number of hydrogen-bond donors (Lipinski definition) is 0. The molecule has 0 radical (unpaired) electrons. The van der Waals surface area contributed by atoms with Gasteiger partial charge in [-0.05, 0) is 87.6 Å². The summed E-state index contributed by atoms with van der Waals surface area (Å²) in [6.07, 6.45) is 1.81. The first kappa shape index (κ1) is 32.1. The van der Waals surface area contributed by atoms with Crippen molar-refractivity contribution in [1.29, 1.82) is 0 Å². The van der Waals surface area contributed by atoms with Gasteiger partial charge in [0.05, 0.1) is 11.0 Å². The summed E-state index contributed by atoms with van der Waals surface area (Å²) in [6.45, 7) is 0. The van der Waals surface area contributed by atoms with Crippen LogP contribution in [0.25, 0.3) is 95.4 Å². The van der Waals surface area contributed by atoms with Crippen LogP contribution in [0.15, 0.2) is 194 Å². The Morgan fingerprint density at radius 2 is 0.982 bits per heavy atom. The van der Waals surface area contributed by atoms with Crippen LogP contribution in [-0.2, 0) is 0 Å². The Hall–Kier alpha value is -7.57. The van der Waals surface area contributed by atoms with E-state index in [0.29, 0.717) is 17.5 Å². The third kappa shape index (κ3) is 6.11. The van der Waals surface area contributed by atoms with Gasteiger partial charge < -0.3 is 0 Å². The van der Waals surface area contributed by atoms with E-state index >= 15 is 0 Å². The Bertz CT molecular complexity index is 2920. The molecule has 10 rings (SSSR count). The first-order valence-corrected chi connectivity index (χ1v) is 18.3. The largest absolute Gasteiger partial charge is 0.291 e. The maximum absolute atomic E-state index is 5.06. The van der Waals surface area contributed by atoms with Gasteiger partial charge in [0.25, 0.3) is 0 Å². The number of nitrogens with zero attached hydrogens (tertiary/aromatic N) is 6. The van der Waals surface area contributed by atoms with E-state index in [0.717, 1.165) is 78.0 Å². The molecule has 0 aliphatic rings. The number of rotatable bonds is 7. The topological polar surface area (TPSA) is 69.4 Å². The molecule has 0 N–H and O–H groups in total. The van der Waals surface area contributed by atoms with Crippen LogP contribution in [0.3, 0.4) is 0 Å². The highest BCUT2D eigenvalue weighted by atomic mass is 15.1. The van der Waals surface area contributed by atoms with Gasteiger partial charge in [-0.3, -0.25) is 9.55 Å². The van der Waals surface area contributed by atoms with Crippen molar-refractivity contribution in [3.8, 4) is 73.6 Å². The first-order chi connectivity index (χ1) is 27.2. The Balaban J connectivity index is 1.10. The zero-order chi connectivity index (χ0) is 36.6. The maximum atomic E-state index is 5.06. The molecular formula is C49H32N6. The van der Waals surface area contributed by atoms with Gasteiger partial charge in [-0.25, -0.2) is 19.9 Å². The molecule has 0 spiro atoms. The third-order valence-corrected chi connectivity index (χ3v) is 9.89. The van der Waals surface area contributed by atoms with Crippen molar-refractivity contribution < 1.29 is 0 Å². The number of fused-ring (bicyclic) bond motifs is 2. The summed E-state index contributed by atoms with van der Waals surface area (Å²) in [6, 6.07) is 64.7. The van der Waals surface area contributed by atoms with Crippen LogP contribution < -0.4 is 0 Å². The van der Waals surface area contributed by atoms with Crippen molar-refractivity contribution in [3.05, 3.63) is 194 Å². The van der Waals surface area contributed by atoms with Crippen LogP contribution in [0.4, 0.5) is 0 Å². The zero-order valence-electron chi connectivity index (χ0n) is 29.7. The van der Waals surface area contributed by atoms with Gasteiger partial charge in [-0.2, -0.15) is 0 Å². The van der Waals surface area contributed by atoms with Crippen LogP contribution in [0.5, 0.6) is 0 Å². The van der Waals surface area contributed by atoms with Crippen molar-refractivity contribution >= 4 is 21.8 Å². The number of imidazole rings is 1. The van der Waals surface area contributed by atoms with E-state index in [9.17, 15) is 0 Å². The molecule has 6 nitrogen and oxygen atoms in total. The minimum Gasteiger partial charge on any atom is -0.291 e. The average molecular weight is 705 g/mol. The lowest BCUT2D eigenvalue weighted by Gasteiger charge is -2.14. The third-order valence-electron chi connectivity index (χ3n) is 9.89. The van der Waals surface area contributed by atoms with Crippen molar-refractivity contribution in [1.82, 2.24) is 29.5 Å². The van der Waals surface area contributed by atoms with Crippen LogP contribution >= 0.6 is 0 Å². The smallest absolute Gasteiger partial charge is 0.164 e. The van der Waals surface area contributed by atoms with Crippen LogP contribution in [0.2, 0.25) is 0 Å². The van der Waals surface area contributed by atoms with Crippen LogP contribution in [-0.4, -0.2) is 29.5 Å². The summed E-state index contributed by atoms with van der Waals surface area (Å²) in [5, 5.41) is 2.27. The zero-order valence-corrected chi connectivity index (χ0v) is 29.7. The van der Waals surface area contributed by atoms with Crippen LogP contribution in [0.1, 0.15) is 0 Å². The predicted octanol–water partition coefficient (Wildman–Crippen LogP) is 11.8. The molecule has 55 heavy (non-hydrogen) atoms. The molecule has 0 unspecified atom stereocenters. The Kier molecular flexibility index (Phi) is 8.04. The molecule has 0 atom stereocenters. The van der Waals surface area contributed by atoms with Gasteiger partial charge in [0.1, 0.15) is 5.69 Å². The lowest BCUT2D eigenvalue weighted by Crippen LogP contribution is -2.00. The van der Waals surface area contributed by atoms with E-state index in [-0.39, 0.29) is 0 Å². The fourth-order valence-electron chi connectivity index (χ4n) is 7.26. The molecule has 258 valence electrons. The van der Waals surface area contributed by atoms with Gasteiger partial charge in [0.2, 0.25) is 0 Å². The molecule has 0 saturated carbocycles. The molecule has 10 aromatic rings. The second-order valence-corrected chi connectivity index (χ2v) is 13.4. The molecule has 0 bridgehead atoms. The number of aromatic nitrogens is 6. The molecule has 0 fully saturated rings. The monoisotopic (exact) mass is 704 g/mol. The summed E-state index contributed by atoms with van der Waals surface area (Å²) in [4.78, 5) is 24.7. The van der Waals surface area contributed by atoms with Gasteiger partial charge >= 0.3 is 0 Å². The summed E-state index contributed by atoms with van der Waals surface area (Å²) < 4.78 is 2.20. The minimum absolute atomic E-state index is 0.625. The van der Waals surface area contributed by atoms with E-state index in [1.165, 1.54) is 0 Å². The Morgan fingerprint density at radius 1 is 0.382 bits per heavy atom. The fraction of sp³-hybridized carbons (Fsp3) is 0. The standard InChI is InChI=1S/C49H32N6/c1-3-15-33(16-4-1)46-52-47(34-17-5-2-6-18-34)54-48(53-46)39-30-37-19-7-8-24-41(37)42(32-39)38-22-13-20-35(29-38)36-21-14-23-40(31-36)55-45-27-10-9-25-43(45)51-49(55)44-26-11-12-28-50-44/h1-32H. The Morgan fingerprint density at radius 3 is 1.73 bits per heavy atom. The molecular weight excluding hydrogens is 673 g/mol. The van der Waals surface area contributed by atoms with Gasteiger partial charge in [-0.15, -0.1) is 0 Å². The number of pyridine rings is 1. The number of benzene rings is 7. The van der Waals surface area contributed by atoms with Crippen molar-refractivity contribution in [2.45, 2.75) is 0 Å². The van der Waals surface area contributed by atoms with E-state index in [1.54, 1.807) is 0 Å². The molecule has 0 amide bonds. The highest BCUT2D eigenvalue weighted by Crippen LogP contribution is 2.37. The highest BCUT2D eigenvalue weighted by Gasteiger charge is 2.17. The van der Waals surface area contributed by atoms with Crippen LogP contribution in [0, 0.1) is 0 Å². The highest BCUT2D eigenvalue weighted by molar-refractivity contribution is 6.00. The normalized spacial score (nSPS) is 11.3. The molecule has 3 aromatic heterocycles. The van der Waals surface area contributed by atoms with Crippen molar-refractivity contribution in [2.75, 3.05) is 0 Å². The SMILES string of the molecule is c1ccc(-c2nc(-c3ccccc3)nc(-c3cc(-c4cccc(-c5cccc(-n6c(-c7ccccn7)nc7ccccc76)c5)c4)c4ccccc4c3)n2)cc1. The van der Waals surface area contributed by atoms with Gasteiger partial charge in [-0.1, -0.05) is 133 Å². The average Bonchev–Trinajstić information content (AvgIpc) is 3.67. The molecule has 0 saturated heterocycles. The van der Waals surface area contributed by atoms with E-state index in [2.05, 4.69) is 107 Å². The summed E-state index contributed by atoms with van der Waals surface area (Å²) in [7, 11) is 0. The van der Waals surface area contributed by atoms with E-state index in [1.807, 2.05) is 97.2 Å². The lowest BCUT2D eigenvalue weighted by molar-refractivity contribution is 1.07. The number of hydrogen-bond acceptors (Lipinski definition) is 5. The second-order valence-electron chi connectivity index (χ2n) is 13.4. The summed E-state index contributed by atoms with van der Waals surface area (Å²) in [5.74, 6) is 2.70. The number of para-hydroxylation sites is 2. The Labute approximate surface area is 318 Å². The predicted molar refractivity (Wildman–Crippen MR) is 222 cm³/mol. The first-order valence-electron chi connectivity index (χ1n) is 18.3. The maximum Gasteiger partial charge on any atom is 0.164 e. The molecule has 0 aliphatic heterocycles. The van der Waals surface area contributed by atoms with Crippen molar-refractivity contribution in [3.63, 3.8) is 0 Å². The quantitative estimate of drug-likeness (QED) is 0.165. The molecule has 0 aliphatic carbocycles. The molecule has 6 heteroatoms. The summed E-state index contributed by atoms with van der Waals surface area (Å²) >= 11 is 0. The minimum atomic E-state index is 0.625. The van der Waals surface area contributed by atoms with Gasteiger partial charge in [0.15, 0.2) is 23.3 Å². The van der Waals surface area contributed by atoms with E-state index < -0.39 is 0 Å². The van der Waals surface area contributed by atoms with Gasteiger partial charge in [0, 0.05) is 28.6 Å².